The normalized spacial score (nSPS) is 13.0. The summed E-state index contributed by atoms with van der Waals surface area (Å²) >= 11 is 1.87. The van der Waals surface area contributed by atoms with Crippen molar-refractivity contribution in [3.63, 3.8) is 0 Å². The van der Waals surface area contributed by atoms with Gasteiger partial charge in [0.15, 0.2) is 0 Å². The maximum Gasteiger partial charge on any atom is 0.0726 e. The number of hydrogen-bond acceptors (Lipinski definition) is 2. The Bertz CT molecular complexity index is 4170. The van der Waals surface area contributed by atoms with E-state index >= 15 is 0 Å². The van der Waals surface area contributed by atoms with Gasteiger partial charge in [0.05, 0.1) is 11.1 Å². The molecule has 15 rings (SSSR count). The Morgan fingerprint density at radius 2 is 0.725 bits per heavy atom. The molecule has 0 unspecified atom stereocenters. The van der Waals surface area contributed by atoms with Crippen LogP contribution in [0.4, 0.5) is 17.1 Å². The summed E-state index contributed by atoms with van der Waals surface area (Å²) < 4.78 is 2.66. The second-order valence-corrected chi connectivity index (χ2v) is 19.8. The lowest BCUT2D eigenvalue weighted by atomic mass is 9.70. The Kier molecular flexibility index (Phi) is 8.22. The minimum Gasteiger partial charge on any atom is -0.310 e. The SMILES string of the molecule is c1ccc2c(c1)-c1ccccc1C21c2ccccc2-c2c(N(c3ccc(-c4ccc(-c5ccc6sc7ccccc7c6c5)cc4)cc3)c3ccc4c5ccccc5c5ccccc5c4c3)cccc21. The van der Waals surface area contributed by atoms with Crippen molar-refractivity contribution in [1.82, 2.24) is 0 Å². The lowest BCUT2D eigenvalue weighted by Crippen LogP contribution is -2.26. The lowest BCUT2D eigenvalue weighted by molar-refractivity contribution is 0.794. The molecular weight excluding hydrogens is 851 g/mol. The molecule has 0 N–H and O–H groups in total. The van der Waals surface area contributed by atoms with Crippen LogP contribution in [0, 0.1) is 0 Å². The Labute approximate surface area is 404 Å². The van der Waals surface area contributed by atoms with Gasteiger partial charge in [-0.25, -0.2) is 0 Å². The number of benzene rings is 12. The molecule has 1 heterocycles. The first kappa shape index (κ1) is 38.5. The predicted octanol–water partition coefficient (Wildman–Crippen LogP) is 18.7. The molecule has 0 saturated carbocycles. The summed E-state index contributed by atoms with van der Waals surface area (Å²) in [6.45, 7) is 0. The standard InChI is InChI=1S/C67H41NS/c1-2-16-50-48(14-1)49-15-3-4-17-51(49)57-41-47(37-38-52(50)57)68(46-35-32-43(33-36-46)42-28-30-44(31-29-42)45-34-39-65-58(40-45)55-20-8-12-27-64(55)69-65)63-26-13-25-62-66(63)56-21-7-11-24-61(56)67(62)59-22-9-5-18-53(59)54-19-6-10-23-60(54)67/h1-41H. The molecule has 1 aromatic heterocycles. The Morgan fingerprint density at radius 3 is 1.38 bits per heavy atom. The molecule has 0 fully saturated rings. The molecule has 1 nitrogen and oxygen atoms in total. The summed E-state index contributed by atoms with van der Waals surface area (Å²) in [4.78, 5) is 2.52. The highest BCUT2D eigenvalue weighted by molar-refractivity contribution is 7.25. The van der Waals surface area contributed by atoms with E-state index in [2.05, 4.69) is 254 Å². The molecule has 2 aliphatic carbocycles. The molecule has 0 radical (unpaired) electrons. The highest BCUT2D eigenvalue weighted by Crippen LogP contribution is 2.64. The molecule has 0 atom stereocenters. The van der Waals surface area contributed by atoms with Gasteiger partial charge in [-0.15, -0.1) is 11.3 Å². The topological polar surface area (TPSA) is 3.24 Å². The third-order valence-electron chi connectivity index (χ3n) is 15.3. The molecule has 0 amide bonds. The average Bonchev–Trinajstić information content (AvgIpc) is 4.06. The summed E-state index contributed by atoms with van der Waals surface area (Å²) in [5, 5.41) is 10.3. The second kappa shape index (κ2) is 14.7. The van der Waals surface area contributed by atoms with Crippen molar-refractivity contribution in [2.24, 2.45) is 0 Å². The van der Waals surface area contributed by atoms with Crippen molar-refractivity contribution < 1.29 is 0 Å². The van der Waals surface area contributed by atoms with E-state index in [1.807, 2.05) is 11.3 Å². The summed E-state index contributed by atoms with van der Waals surface area (Å²) in [7, 11) is 0. The van der Waals surface area contributed by atoms with E-state index in [1.165, 1.54) is 119 Å². The van der Waals surface area contributed by atoms with Crippen molar-refractivity contribution in [2.75, 3.05) is 4.90 Å². The van der Waals surface area contributed by atoms with E-state index < -0.39 is 5.41 Å². The van der Waals surface area contributed by atoms with Crippen LogP contribution in [0.15, 0.2) is 249 Å². The fourth-order valence-corrected chi connectivity index (χ4v) is 13.4. The van der Waals surface area contributed by atoms with Crippen molar-refractivity contribution in [2.45, 2.75) is 5.41 Å². The monoisotopic (exact) mass is 891 g/mol. The number of thiophene rings is 1. The quantitative estimate of drug-likeness (QED) is 0.156. The zero-order valence-corrected chi connectivity index (χ0v) is 38.3. The first-order chi connectivity index (χ1) is 34.2. The number of hydrogen-bond donors (Lipinski definition) is 0. The Morgan fingerprint density at radius 1 is 0.275 bits per heavy atom. The van der Waals surface area contributed by atoms with Crippen LogP contribution >= 0.6 is 11.3 Å². The van der Waals surface area contributed by atoms with Crippen LogP contribution in [0.3, 0.4) is 0 Å². The fraction of sp³-hybridized carbons (Fsp3) is 0.0149. The van der Waals surface area contributed by atoms with Crippen LogP contribution < -0.4 is 4.90 Å². The zero-order valence-electron chi connectivity index (χ0n) is 37.5. The van der Waals surface area contributed by atoms with Crippen LogP contribution in [0.5, 0.6) is 0 Å². The largest absolute Gasteiger partial charge is 0.310 e. The van der Waals surface area contributed by atoms with E-state index in [4.69, 9.17) is 0 Å². The van der Waals surface area contributed by atoms with Gasteiger partial charge in [0.1, 0.15) is 0 Å². The Balaban J connectivity index is 0.913. The molecule has 69 heavy (non-hydrogen) atoms. The van der Waals surface area contributed by atoms with Crippen LogP contribution in [0.25, 0.3) is 97.0 Å². The molecule has 320 valence electrons. The molecule has 12 aromatic carbocycles. The molecule has 2 aliphatic rings. The molecule has 13 aromatic rings. The molecule has 0 saturated heterocycles. The average molecular weight is 892 g/mol. The van der Waals surface area contributed by atoms with E-state index in [0.717, 1.165) is 17.1 Å². The van der Waals surface area contributed by atoms with Gasteiger partial charge >= 0.3 is 0 Å². The van der Waals surface area contributed by atoms with Gasteiger partial charge in [-0.3, -0.25) is 0 Å². The van der Waals surface area contributed by atoms with Crippen molar-refractivity contribution in [1.29, 1.82) is 0 Å². The third-order valence-corrected chi connectivity index (χ3v) is 16.4. The maximum absolute atomic E-state index is 2.52. The minimum atomic E-state index is -0.446. The summed E-state index contributed by atoms with van der Waals surface area (Å²) in [5.74, 6) is 0. The van der Waals surface area contributed by atoms with Crippen LogP contribution in [0.2, 0.25) is 0 Å². The van der Waals surface area contributed by atoms with Crippen LogP contribution in [-0.4, -0.2) is 0 Å². The number of anilines is 3. The van der Waals surface area contributed by atoms with Gasteiger partial charge in [0.2, 0.25) is 0 Å². The molecule has 1 spiro atoms. The van der Waals surface area contributed by atoms with E-state index in [9.17, 15) is 0 Å². The zero-order chi connectivity index (χ0) is 45.2. The highest BCUT2D eigenvalue weighted by Gasteiger charge is 2.52. The van der Waals surface area contributed by atoms with Gasteiger partial charge in [-0.2, -0.15) is 0 Å². The number of fused-ring (bicyclic) bond motifs is 19. The Hall–Kier alpha value is -8.56. The van der Waals surface area contributed by atoms with Gasteiger partial charge < -0.3 is 4.90 Å². The third kappa shape index (κ3) is 5.46. The first-order valence-corrected chi connectivity index (χ1v) is 24.7. The predicted molar refractivity (Wildman–Crippen MR) is 294 cm³/mol. The number of nitrogens with zero attached hydrogens (tertiary/aromatic N) is 1. The van der Waals surface area contributed by atoms with Crippen molar-refractivity contribution >= 4 is 80.9 Å². The lowest BCUT2D eigenvalue weighted by Gasteiger charge is -2.32. The van der Waals surface area contributed by atoms with Crippen LogP contribution in [0.1, 0.15) is 22.3 Å². The van der Waals surface area contributed by atoms with Crippen LogP contribution in [-0.2, 0) is 5.41 Å². The van der Waals surface area contributed by atoms with Gasteiger partial charge in [0, 0.05) is 37.1 Å². The second-order valence-electron chi connectivity index (χ2n) is 18.7. The smallest absolute Gasteiger partial charge is 0.0726 e. The molecule has 2 heteroatoms. The van der Waals surface area contributed by atoms with Crippen molar-refractivity contribution in [3.05, 3.63) is 271 Å². The molecular formula is C67H41NS. The fourth-order valence-electron chi connectivity index (χ4n) is 12.3. The first-order valence-electron chi connectivity index (χ1n) is 23.9. The highest BCUT2D eigenvalue weighted by atomic mass is 32.1. The molecule has 0 aliphatic heterocycles. The molecule has 0 bridgehead atoms. The van der Waals surface area contributed by atoms with E-state index in [-0.39, 0.29) is 0 Å². The summed E-state index contributed by atoms with van der Waals surface area (Å²) in [5.41, 5.74) is 18.3. The van der Waals surface area contributed by atoms with Gasteiger partial charge in [-0.05, 0) is 142 Å². The number of rotatable bonds is 5. The van der Waals surface area contributed by atoms with Gasteiger partial charge in [-0.1, -0.05) is 200 Å². The maximum atomic E-state index is 2.52. The minimum absolute atomic E-state index is 0.446. The van der Waals surface area contributed by atoms with Crippen molar-refractivity contribution in [3.8, 4) is 44.5 Å². The van der Waals surface area contributed by atoms with E-state index in [0.29, 0.717) is 0 Å². The summed E-state index contributed by atoms with van der Waals surface area (Å²) in [6.07, 6.45) is 0. The van der Waals surface area contributed by atoms with E-state index in [1.54, 1.807) is 0 Å². The summed E-state index contributed by atoms with van der Waals surface area (Å²) in [6, 6.07) is 93.1. The van der Waals surface area contributed by atoms with Gasteiger partial charge in [0.25, 0.3) is 0 Å².